The van der Waals surface area contributed by atoms with Crippen LogP contribution in [0.15, 0.2) is 54.6 Å². The second-order valence-corrected chi connectivity index (χ2v) is 4.58. The van der Waals surface area contributed by atoms with Gasteiger partial charge < -0.3 is 15.2 Å². The highest BCUT2D eigenvalue weighted by atomic mass is 16.4. The molecular weight excluding hydrogens is 278 g/mol. The van der Waals surface area contributed by atoms with E-state index in [9.17, 15) is 14.7 Å². The van der Waals surface area contributed by atoms with E-state index < -0.39 is 5.97 Å². The summed E-state index contributed by atoms with van der Waals surface area (Å²) in [6, 6.07) is 16.6. The molecule has 0 bridgehead atoms. The van der Waals surface area contributed by atoms with Crippen molar-refractivity contribution >= 4 is 17.6 Å². The minimum atomic E-state index is -1.24. The SMILES string of the molecule is O=C([O-])CCC(=O)Nc1ccccc1C#Cc1ccccc1. The highest BCUT2D eigenvalue weighted by Crippen LogP contribution is 2.14. The Labute approximate surface area is 128 Å². The number of carboxylic acids is 1. The van der Waals surface area contributed by atoms with Gasteiger partial charge in [-0.2, -0.15) is 0 Å². The zero-order valence-corrected chi connectivity index (χ0v) is 11.8. The molecule has 1 amide bonds. The summed E-state index contributed by atoms with van der Waals surface area (Å²) in [6.07, 6.45) is -0.424. The van der Waals surface area contributed by atoms with Gasteiger partial charge in [0.05, 0.1) is 5.69 Å². The molecule has 0 radical (unpaired) electrons. The maximum atomic E-state index is 11.7. The summed E-state index contributed by atoms with van der Waals surface area (Å²) in [6.45, 7) is 0. The Morgan fingerprint density at radius 1 is 0.909 bits per heavy atom. The van der Waals surface area contributed by atoms with E-state index in [4.69, 9.17) is 0 Å². The maximum absolute atomic E-state index is 11.7. The van der Waals surface area contributed by atoms with Crippen LogP contribution in [0.2, 0.25) is 0 Å². The molecule has 0 aliphatic heterocycles. The van der Waals surface area contributed by atoms with E-state index >= 15 is 0 Å². The summed E-state index contributed by atoms with van der Waals surface area (Å²) in [5.41, 5.74) is 2.11. The monoisotopic (exact) mass is 292 g/mol. The lowest BCUT2D eigenvalue weighted by atomic mass is 10.1. The summed E-state index contributed by atoms with van der Waals surface area (Å²) < 4.78 is 0. The molecule has 0 aromatic heterocycles. The lowest BCUT2D eigenvalue weighted by molar-refractivity contribution is -0.305. The van der Waals surface area contributed by atoms with Crippen molar-refractivity contribution in [2.75, 3.05) is 5.32 Å². The van der Waals surface area contributed by atoms with Gasteiger partial charge in [-0.05, 0) is 30.7 Å². The molecule has 0 fully saturated rings. The second-order valence-electron chi connectivity index (χ2n) is 4.58. The van der Waals surface area contributed by atoms with E-state index in [2.05, 4.69) is 17.2 Å². The fourth-order valence-corrected chi connectivity index (χ4v) is 1.79. The summed E-state index contributed by atoms with van der Waals surface area (Å²) >= 11 is 0. The fraction of sp³-hybridized carbons (Fsp3) is 0.111. The number of hydrogen-bond acceptors (Lipinski definition) is 3. The van der Waals surface area contributed by atoms with E-state index in [-0.39, 0.29) is 18.7 Å². The Morgan fingerprint density at radius 3 is 2.32 bits per heavy atom. The zero-order valence-electron chi connectivity index (χ0n) is 11.8. The summed E-state index contributed by atoms with van der Waals surface area (Å²) in [7, 11) is 0. The summed E-state index contributed by atoms with van der Waals surface area (Å²) in [4.78, 5) is 22.1. The summed E-state index contributed by atoms with van der Waals surface area (Å²) in [5.74, 6) is 4.41. The van der Waals surface area contributed by atoms with Gasteiger partial charge in [0.2, 0.25) is 5.91 Å². The van der Waals surface area contributed by atoms with E-state index in [0.717, 1.165) is 5.56 Å². The molecule has 0 saturated carbocycles. The number of carboxylic acid groups (broad SMARTS) is 1. The van der Waals surface area contributed by atoms with Gasteiger partial charge in [0.1, 0.15) is 0 Å². The first-order chi connectivity index (χ1) is 10.6. The van der Waals surface area contributed by atoms with Gasteiger partial charge >= 0.3 is 0 Å². The number of benzene rings is 2. The molecule has 2 aromatic rings. The van der Waals surface area contributed by atoms with Gasteiger partial charge in [0.15, 0.2) is 0 Å². The average molecular weight is 292 g/mol. The van der Waals surface area contributed by atoms with Crippen LogP contribution in [-0.4, -0.2) is 11.9 Å². The van der Waals surface area contributed by atoms with Gasteiger partial charge in [-0.25, -0.2) is 0 Å². The van der Waals surface area contributed by atoms with Crippen molar-refractivity contribution in [2.24, 2.45) is 0 Å². The van der Waals surface area contributed by atoms with Crippen LogP contribution in [0.25, 0.3) is 0 Å². The number of carbonyl (C=O) groups excluding carboxylic acids is 2. The molecular formula is C18H14NO3-. The number of aliphatic carboxylic acids is 1. The number of nitrogens with one attached hydrogen (secondary N) is 1. The molecule has 22 heavy (non-hydrogen) atoms. The van der Waals surface area contributed by atoms with E-state index in [1.165, 1.54) is 0 Å². The highest BCUT2D eigenvalue weighted by molar-refractivity contribution is 5.93. The van der Waals surface area contributed by atoms with Crippen molar-refractivity contribution in [3.05, 3.63) is 65.7 Å². The molecule has 0 atom stereocenters. The molecule has 0 aliphatic rings. The maximum Gasteiger partial charge on any atom is 0.224 e. The third-order valence-electron chi connectivity index (χ3n) is 2.87. The molecule has 2 rings (SSSR count). The predicted molar refractivity (Wildman–Crippen MR) is 81.7 cm³/mol. The third kappa shape index (κ3) is 4.80. The smallest absolute Gasteiger partial charge is 0.224 e. The van der Waals surface area contributed by atoms with Crippen LogP contribution in [0.5, 0.6) is 0 Å². The van der Waals surface area contributed by atoms with E-state index in [0.29, 0.717) is 11.3 Å². The number of anilines is 1. The minimum Gasteiger partial charge on any atom is -0.550 e. The highest BCUT2D eigenvalue weighted by Gasteiger charge is 2.05. The third-order valence-corrected chi connectivity index (χ3v) is 2.87. The van der Waals surface area contributed by atoms with Gasteiger partial charge in [-0.1, -0.05) is 42.2 Å². The first-order valence-electron chi connectivity index (χ1n) is 6.81. The van der Waals surface area contributed by atoms with Gasteiger partial charge in [-0.15, -0.1) is 0 Å². The zero-order chi connectivity index (χ0) is 15.8. The van der Waals surface area contributed by atoms with Crippen LogP contribution >= 0.6 is 0 Å². The first-order valence-corrected chi connectivity index (χ1v) is 6.81. The molecule has 0 spiro atoms. The number of carbonyl (C=O) groups is 2. The van der Waals surface area contributed by atoms with Crippen molar-refractivity contribution in [1.82, 2.24) is 0 Å². The average Bonchev–Trinajstić information content (AvgIpc) is 2.53. The molecule has 110 valence electrons. The molecule has 0 saturated heterocycles. The molecule has 4 heteroatoms. The lowest BCUT2D eigenvalue weighted by Gasteiger charge is -2.07. The Balaban J connectivity index is 2.12. The standard InChI is InChI=1S/C18H15NO3/c20-17(12-13-18(21)22)19-16-9-5-4-8-15(16)11-10-14-6-2-1-3-7-14/h1-9H,12-13H2,(H,19,20)(H,21,22)/p-1. The minimum absolute atomic E-state index is 0.122. The number of amides is 1. The van der Waals surface area contributed by atoms with Gasteiger partial charge in [0.25, 0.3) is 0 Å². The number of rotatable bonds is 4. The second kappa shape index (κ2) is 7.65. The molecule has 2 aromatic carbocycles. The van der Waals surface area contributed by atoms with Crippen molar-refractivity contribution in [3.63, 3.8) is 0 Å². The van der Waals surface area contributed by atoms with Crippen LogP contribution in [0.3, 0.4) is 0 Å². The Morgan fingerprint density at radius 2 is 1.59 bits per heavy atom. The van der Waals surface area contributed by atoms with E-state index in [1.54, 1.807) is 18.2 Å². The Kier molecular flexibility index (Phi) is 5.33. The molecule has 0 heterocycles. The summed E-state index contributed by atoms with van der Waals surface area (Å²) in [5, 5.41) is 13.0. The topological polar surface area (TPSA) is 69.2 Å². The van der Waals surface area contributed by atoms with Crippen LogP contribution in [0.4, 0.5) is 5.69 Å². The number of hydrogen-bond donors (Lipinski definition) is 1. The van der Waals surface area contributed by atoms with Crippen molar-refractivity contribution < 1.29 is 14.7 Å². The molecule has 0 aliphatic carbocycles. The first kappa shape index (κ1) is 15.3. The van der Waals surface area contributed by atoms with Crippen molar-refractivity contribution in [2.45, 2.75) is 12.8 Å². The molecule has 0 unspecified atom stereocenters. The van der Waals surface area contributed by atoms with Crippen molar-refractivity contribution in [1.29, 1.82) is 0 Å². The van der Waals surface area contributed by atoms with Crippen LogP contribution in [0.1, 0.15) is 24.0 Å². The Bertz CT molecular complexity index is 727. The Hall–Kier alpha value is -3.06. The molecule has 4 nitrogen and oxygen atoms in total. The molecule has 1 N–H and O–H groups in total. The van der Waals surface area contributed by atoms with Gasteiger partial charge in [0, 0.05) is 23.5 Å². The van der Waals surface area contributed by atoms with Crippen LogP contribution in [-0.2, 0) is 9.59 Å². The lowest BCUT2D eigenvalue weighted by Crippen LogP contribution is -2.24. The largest absolute Gasteiger partial charge is 0.550 e. The van der Waals surface area contributed by atoms with Crippen LogP contribution in [0, 0.1) is 11.8 Å². The van der Waals surface area contributed by atoms with E-state index in [1.807, 2.05) is 36.4 Å². The predicted octanol–water partition coefficient (Wildman–Crippen LogP) is 1.55. The van der Waals surface area contributed by atoms with Gasteiger partial charge in [-0.3, -0.25) is 4.79 Å². The number of para-hydroxylation sites is 1. The fourth-order valence-electron chi connectivity index (χ4n) is 1.79. The quantitative estimate of drug-likeness (QED) is 0.869. The van der Waals surface area contributed by atoms with Crippen molar-refractivity contribution in [3.8, 4) is 11.8 Å². The normalized spacial score (nSPS) is 9.45. The van der Waals surface area contributed by atoms with Crippen LogP contribution < -0.4 is 10.4 Å².